The maximum absolute atomic E-state index is 9.70. The Morgan fingerprint density at radius 3 is 2.77 bits per heavy atom. The fourth-order valence-corrected chi connectivity index (χ4v) is 3.81. The third kappa shape index (κ3) is 2.29. The van der Waals surface area contributed by atoms with Crippen LogP contribution in [0, 0.1) is 6.92 Å². The Balaban J connectivity index is 1.74. The molecule has 3 aromatic rings. The van der Waals surface area contributed by atoms with E-state index in [4.69, 9.17) is 0 Å². The van der Waals surface area contributed by atoms with Crippen molar-refractivity contribution < 1.29 is 5.11 Å². The lowest BCUT2D eigenvalue weighted by Crippen LogP contribution is -2.11. The molecule has 0 fully saturated rings. The Bertz CT molecular complexity index is 814. The number of aryl methyl sites for hydroxylation is 2. The lowest BCUT2D eigenvalue weighted by atomic mass is 9.81. The number of phenols is 1. The molecule has 0 radical (unpaired) electrons. The van der Waals surface area contributed by atoms with Crippen LogP contribution in [0.3, 0.4) is 0 Å². The van der Waals surface area contributed by atoms with Crippen LogP contribution in [0.25, 0.3) is 10.9 Å². The van der Waals surface area contributed by atoms with Gasteiger partial charge in [-0.15, -0.1) is 0 Å². The number of fused-ring (bicyclic) bond motifs is 3. The first-order chi connectivity index (χ1) is 10.7. The maximum atomic E-state index is 9.70. The monoisotopic (exact) mass is 291 g/mol. The second kappa shape index (κ2) is 5.20. The van der Waals surface area contributed by atoms with Gasteiger partial charge in [-0.3, -0.25) is 0 Å². The van der Waals surface area contributed by atoms with E-state index in [-0.39, 0.29) is 0 Å². The van der Waals surface area contributed by atoms with E-state index in [0.717, 1.165) is 18.4 Å². The SMILES string of the molecule is Cc1ccc(CC2CCCc3[nH]c4cc(O)ccc4c32)cc1. The second-order valence-electron chi connectivity index (χ2n) is 6.53. The van der Waals surface area contributed by atoms with Crippen molar-refractivity contribution in [2.45, 2.75) is 38.5 Å². The highest BCUT2D eigenvalue weighted by atomic mass is 16.3. The van der Waals surface area contributed by atoms with E-state index in [2.05, 4.69) is 42.2 Å². The van der Waals surface area contributed by atoms with E-state index in [1.54, 1.807) is 6.07 Å². The second-order valence-corrected chi connectivity index (χ2v) is 6.53. The van der Waals surface area contributed by atoms with Crippen molar-refractivity contribution in [1.82, 2.24) is 4.98 Å². The van der Waals surface area contributed by atoms with Crippen molar-refractivity contribution in [1.29, 1.82) is 0 Å². The molecule has 1 atom stereocenters. The third-order valence-corrected chi connectivity index (χ3v) is 4.89. The Morgan fingerprint density at radius 2 is 1.95 bits per heavy atom. The van der Waals surface area contributed by atoms with Crippen molar-refractivity contribution in [3.05, 3.63) is 64.8 Å². The van der Waals surface area contributed by atoms with Gasteiger partial charge in [-0.2, -0.15) is 0 Å². The van der Waals surface area contributed by atoms with Gasteiger partial charge in [0, 0.05) is 22.7 Å². The summed E-state index contributed by atoms with van der Waals surface area (Å²) in [5, 5.41) is 11.0. The summed E-state index contributed by atoms with van der Waals surface area (Å²) in [4.78, 5) is 3.52. The van der Waals surface area contributed by atoms with E-state index in [1.165, 1.54) is 40.6 Å². The number of H-pyrrole nitrogens is 1. The van der Waals surface area contributed by atoms with Gasteiger partial charge in [-0.25, -0.2) is 0 Å². The summed E-state index contributed by atoms with van der Waals surface area (Å²) < 4.78 is 0. The minimum Gasteiger partial charge on any atom is -0.508 e. The zero-order valence-electron chi connectivity index (χ0n) is 12.9. The van der Waals surface area contributed by atoms with Crippen LogP contribution in [-0.2, 0) is 12.8 Å². The van der Waals surface area contributed by atoms with Gasteiger partial charge in [-0.1, -0.05) is 29.8 Å². The summed E-state index contributed by atoms with van der Waals surface area (Å²) in [6.07, 6.45) is 4.70. The number of hydrogen-bond acceptors (Lipinski definition) is 1. The number of aromatic hydroxyl groups is 1. The first-order valence-corrected chi connectivity index (χ1v) is 8.10. The molecule has 0 saturated heterocycles. The Morgan fingerprint density at radius 1 is 1.14 bits per heavy atom. The molecule has 112 valence electrons. The van der Waals surface area contributed by atoms with Crippen molar-refractivity contribution in [2.24, 2.45) is 0 Å². The van der Waals surface area contributed by atoms with Gasteiger partial charge < -0.3 is 10.1 Å². The molecule has 1 aliphatic rings. The summed E-state index contributed by atoms with van der Waals surface area (Å²) in [7, 11) is 0. The van der Waals surface area contributed by atoms with Crippen LogP contribution in [0.5, 0.6) is 5.75 Å². The molecule has 1 aromatic heterocycles. The van der Waals surface area contributed by atoms with Crippen molar-refractivity contribution >= 4 is 10.9 Å². The highest BCUT2D eigenvalue weighted by Gasteiger charge is 2.24. The zero-order valence-corrected chi connectivity index (χ0v) is 12.9. The van der Waals surface area contributed by atoms with E-state index < -0.39 is 0 Å². The topological polar surface area (TPSA) is 36.0 Å². The van der Waals surface area contributed by atoms with Crippen molar-refractivity contribution in [3.8, 4) is 5.75 Å². The summed E-state index contributed by atoms with van der Waals surface area (Å²) in [6, 6.07) is 14.6. The number of nitrogens with one attached hydrogen (secondary N) is 1. The minimum absolute atomic E-state index is 0.334. The van der Waals surface area contributed by atoms with Crippen LogP contribution >= 0.6 is 0 Å². The highest BCUT2D eigenvalue weighted by Crippen LogP contribution is 2.39. The third-order valence-electron chi connectivity index (χ3n) is 4.89. The normalized spacial score (nSPS) is 17.6. The molecule has 0 aliphatic heterocycles. The number of hydrogen-bond donors (Lipinski definition) is 2. The average Bonchev–Trinajstić information content (AvgIpc) is 2.88. The lowest BCUT2D eigenvalue weighted by Gasteiger charge is -2.23. The van der Waals surface area contributed by atoms with Crippen LogP contribution in [0.15, 0.2) is 42.5 Å². The molecular formula is C20H21NO. The Hall–Kier alpha value is -2.22. The van der Waals surface area contributed by atoms with Gasteiger partial charge in [0.2, 0.25) is 0 Å². The molecule has 0 amide bonds. The van der Waals surface area contributed by atoms with Crippen LogP contribution < -0.4 is 0 Å². The number of rotatable bonds is 2. The first kappa shape index (κ1) is 13.4. The molecule has 4 rings (SSSR count). The van der Waals surface area contributed by atoms with Crippen molar-refractivity contribution in [2.75, 3.05) is 0 Å². The molecule has 22 heavy (non-hydrogen) atoms. The van der Waals surface area contributed by atoms with Crippen LogP contribution in [0.4, 0.5) is 0 Å². The number of aromatic amines is 1. The lowest BCUT2D eigenvalue weighted by molar-refractivity contribution is 0.476. The van der Waals surface area contributed by atoms with Crippen LogP contribution in [0.1, 0.15) is 41.1 Å². The predicted molar refractivity (Wildman–Crippen MR) is 90.5 cm³/mol. The van der Waals surface area contributed by atoms with E-state index in [1.807, 2.05) is 6.07 Å². The molecule has 1 unspecified atom stereocenters. The zero-order chi connectivity index (χ0) is 15.1. The Labute approximate surface area is 130 Å². The summed E-state index contributed by atoms with van der Waals surface area (Å²) in [6.45, 7) is 2.13. The standard InChI is InChI=1S/C20H21NO/c1-13-5-7-14(8-6-13)11-15-3-2-4-18-20(15)17-10-9-16(22)12-19(17)21-18/h5-10,12,15,21-22H,2-4,11H2,1H3. The summed E-state index contributed by atoms with van der Waals surface area (Å²) in [5.41, 5.74) is 6.64. The number of benzene rings is 2. The summed E-state index contributed by atoms with van der Waals surface area (Å²) in [5.74, 6) is 0.908. The molecule has 0 saturated carbocycles. The molecule has 0 spiro atoms. The molecule has 2 aromatic carbocycles. The van der Waals surface area contributed by atoms with Gasteiger partial charge in [0.1, 0.15) is 5.75 Å². The van der Waals surface area contributed by atoms with Crippen LogP contribution in [0.2, 0.25) is 0 Å². The molecule has 2 heteroatoms. The highest BCUT2D eigenvalue weighted by molar-refractivity contribution is 5.86. The molecule has 1 aliphatic carbocycles. The van der Waals surface area contributed by atoms with Gasteiger partial charge >= 0.3 is 0 Å². The first-order valence-electron chi connectivity index (χ1n) is 8.10. The largest absolute Gasteiger partial charge is 0.508 e. The predicted octanol–water partition coefficient (Wildman–Crippen LogP) is 4.84. The van der Waals surface area contributed by atoms with Crippen LogP contribution in [-0.4, -0.2) is 10.1 Å². The average molecular weight is 291 g/mol. The maximum Gasteiger partial charge on any atom is 0.117 e. The quantitative estimate of drug-likeness (QED) is 0.696. The van der Waals surface area contributed by atoms with Gasteiger partial charge in [0.25, 0.3) is 0 Å². The van der Waals surface area contributed by atoms with Gasteiger partial charge in [-0.05, 0) is 61.8 Å². The minimum atomic E-state index is 0.334. The summed E-state index contributed by atoms with van der Waals surface area (Å²) >= 11 is 0. The smallest absolute Gasteiger partial charge is 0.117 e. The van der Waals surface area contributed by atoms with E-state index >= 15 is 0 Å². The fourth-order valence-electron chi connectivity index (χ4n) is 3.81. The van der Waals surface area contributed by atoms with E-state index in [0.29, 0.717) is 11.7 Å². The Kier molecular flexibility index (Phi) is 3.18. The molecule has 0 bridgehead atoms. The number of aromatic nitrogens is 1. The van der Waals surface area contributed by atoms with Gasteiger partial charge in [0.05, 0.1) is 0 Å². The number of phenolic OH excluding ortho intramolecular Hbond substituents is 1. The van der Waals surface area contributed by atoms with E-state index in [9.17, 15) is 5.11 Å². The molecule has 2 N–H and O–H groups in total. The van der Waals surface area contributed by atoms with Gasteiger partial charge in [0.15, 0.2) is 0 Å². The molecule has 2 nitrogen and oxygen atoms in total. The fraction of sp³-hybridized carbons (Fsp3) is 0.300. The molecule has 1 heterocycles. The molecular weight excluding hydrogens is 270 g/mol. The van der Waals surface area contributed by atoms with Crippen molar-refractivity contribution in [3.63, 3.8) is 0 Å².